The Hall–Kier alpha value is -1.84. The summed E-state index contributed by atoms with van der Waals surface area (Å²) in [4.78, 5) is 0. The molecule has 3 nitrogen and oxygen atoms in total. The first-order chi connectivity index (χ1) is 10.3. The largest absolute Gasteiger partial charge is 0.497 e. The van der Waals surface area contributed by atoms with Crippen LogP contribution in [-0.2, 0) is 11.2 Å². The third-order valence-electron chi connectivity index (χ3n) is 3.50. The summed E-state index contributed by atoms with van der Waals surface area (Å²) < 4.78 is 10.5. The van der Waals surface area contributed by atoms with E-state index in [4.69, 9.17) is 9.47 Å². The van der Waals surface area contributed by atoms with Gasteiger partial charge in [-0.15, -0.1) is 0 Å². The zero-order chi connectivity index (χ0) is 14.9. The van der Waals surface area contributed by atoms with Crippen LogP contribution >= 0.6 is 0 Å². The molecule has 2 aromatic carbocycles. The molecule has 0 aliphatic carbocycles. The van der Waals surface area contributed by atoms with E-state index in [1.54, 1.807) is 14.2 Å². The molecule has 0 saturated heterocycles. The second kappa shape index (κ2) is 8.45. The van der Waals surface area contributed by atoms with Crippen molar-refractivity contribution in [1.29, 1.82) is 0 Å². The number of hydrogen-bond acceptors (Lipinski definition) is 3. The number of rotatable bonds is 8. The molecule has 2 rings (SSSR count). The molecule has 0 heterocycles. The predicted molar refractivity (Wildman–Crippen MR) is 85.8 cm³/mol. The van der Waals surface area contributed by atoms with Crippen LogP contribution in [0.5, 0.6) is 5.75 Å². The van der Waals surface area contributed by atoms with Crippen molar-refractivity contribution in [3.8, 4) is 5.75 Å². The van der Waals surface area contributed by atoms with Gasteiger partial charge in [-0.05, 0) is 36.2 Å². The molecule has 2 aromatic rings. The third kappa shape index (κ3) is 4.88. The smallest absolute Gasteiger partial charge is 0.118 e. The molecule has 0 saturated carbocycles. The lowest BCUT2D eigenvalue weighted by atomic mass is 10.1. The van der Waals surface area contributed by atoms with E-state index in [0.717, 1.165) is 18.7 Å². The summed E-state index contributed by atoms with van der Waals surface area (Å²) in [6.45, 7) is 1.59. The van der Waals surface area contributed by atoms with Crippen molar-refractivity contribution in [3.63, 3.8) is 0 Å². The third-order valence-corrected chi connectivity index (χ3v) is 3.50. The van der Waals surface area contributed by atoms with Crippen molar-refractivity contribution in [2.45, 2.75) is 12.5 Å². The van der Waals surface area contributed by atoms with Gasteiger partial charge in [-0.25, -0.2) is 0 Å². The second-order valence-electron chi connectivity index (χ2n) is 4.97. The minimum atomic E-state index is 0.231. The van der Waals surface area contributed by atoms with E-state index in [1.165, 1.54) is 11.1 Å². The van der Waals surface area contributed by atoms with Gasteiger partial charge in [0.25, 0.3) is 0 Å². The monoisotopic (exact) mass is 285 g/mol. The molecule has 1 atom stereocenters. The van der Waals surface area contributed by atoms with Crippen molar-refractivity contribution in [2.75, 3.05) is 27.4 Å². The SMILES string of the molecule is COCC(NCCc1ccc(OC)cc1)c1ccccc1. The van der Waals surface area contributed by atoms with E-state index < -0.39 is 0 Å². The van der Waals surface area contributed by atoms with Crippen LogP contribution < -0.4 is 10.1 Å². The van der Waals surface area contributed by atoms with Crippen LogP contribution in [0.15, 0.2) is 54.6 Å². The highest BCUT2D eigenvalue weighted by atomic mass is 16.5. The number of nitrogens with one attached hydrogen (secondary N) is 1. The van der Waals surface area contributed by atoms with E-state index in [9.17, 15) is 0 Å². The zero-order valence-electron chi connectivity index (χ0n) is 12.7. The highest BCUT2D eigenvalue weighted by Crippen LogP contribution is 2.14. The summed E-state index contributed by atoms with van der Waals surface area (Å²) in [5.41, 5.74) is 2.56. The maximum Gasteiger partial charge on any atom is 0.118 e. The Balaban J connectivity index is 1.87. The maximum absolute atomic E-state index is 5.31. The maximum atomic E-state index is 5.31. The van der Waals surface area contributed by atoms with Gasteiger partial charge in [0.15, 0.2) is 0 Å². The van der Waals surface area contributed by atoms with Crippen molar-refractivity contribution in [1.82, 2.24) is 5.32 Å². The van der Waals surface area contributed by atoms with Crippen LogP contribution in [0.3, 0.4) is 0 Å². The molecule has 1 unspecified atom stereocenters. The van der Waals surface area contributed by atoms with Crippen molar-refractivity contribution in [3.05, 3.63) is 65.7 Å². The fourth-order valence-corrected chi connectivity index (χ4v) is 2.31. The molecule has 0 aliphatic heterocycles. The molecule has 0 spiro atoms. The van der Waals surface area contributed by atoms with Crippen LogP contribution in [0.4, 0.5) is 0 Å². The molecule has 0 radical (unpaired) electrons. The van der Waals surface area contributed by atoms with E-state index in [1.807, 2.05) is 18.2 Å². The average Bonchev–Trinajstić information content (AvgIpc) is 2.55. The molecule has 1 N–H and O–H groups in total. The fraction of sp³-hybridized carbons (Fsp3) is 0.333. The summed E-state index contributed by atoms with van der Waals surface area (Å²) in [6, 6.07) is 18.8. The van der Waals surface area contributed by atoms with Gasteiger partial charge in [0.1, 0.15) is 5.75 Å². The number of benzene rings is 2. The van der Waals surface area contributed by atoms with Crippen molar-refractivity contribution >= 4 is 0 Å². The van der Waals surface area contributed by atoms with Gasteiger partial charge in [0.2, 0.25) is 0 Å². The number of ether oxygens (including phenoxy) is 2. The van der Waals surface area contributed by atoms with Gasteiger partial charge in [-0.1, -0.05) is 42.5 Å². The summed E-state index contributed by atoms with van der Waals surface area (Å²) in [5, 5.41) is 3.56. The minimum absolute atomic E-state index is 0.231. The van der Waals surface area contributed by atoms with Gasteiger partial charge in [-0.3, -0.25) is 0 Å². The Labute approximate surface area is 126 Å². The molecule has 0 bridgehead atoms. The Morgan fingerprint density at radius 1 is 0.952 bits per heavy atom. The van der Waals surface area contributed by atoms with E-state index in [0.29, 0.717) is 6.61 Å². The molecular formula is C18H23NO2. The lowest BCUT2D eigenvalue weighted by Gasteiger charge is -2.18. The first kappa shape index (κ1) is 15.5. The first-order valence-electron chi connectivity index (χ1n) is 7.23. The van der Waals surface area contributed by atoms with Crippen LogP contribution in [0.2, 0.25) is 0 Å². The van der Waals surface area contributed by atoms with Gasteiger partial charge in [-0.2, -0.15) is 0 Å². The quantitative estimate of drug-likeness (QED) is 0.808. The van der Waals surface area contributed by atoms with Crippen LogP contribution in [0, 0.1) is 0 Å². The lowest BCUT2D eigenvalue weighted by molar-refractivity contribution is 0.167. The van der Waals surface area contributed by atoms with Crippen molar-refractivity contribution < 1.29 is 9.47 Å². The van der Waals surface area contributed by atoms with Gasteiger partial charge in [0.05, 0.1) is 19.8 Å². The Morgan fingerprint density at radius 2 is 1.67 bits per heavy atom. The van der Waals surface area contributed by atoms with E-state index >= 15 is 0 Å². The van der Waals surface area contributed by atoms with Crippen LogP contribution in [0.25, 0.3) is 0 Å². The molecule has 21 heavy (non-hydrogen) atoms. The highest BCUT2D eigenvalue weighted by Gasteiger charge is 2.09. The Bertz CT molecular complexity index is 511. The standard InChI is InChI=1S/C18H23NO2/c1-20-14-18(16-6-4-3-5-7-16)19-13-12-15-8-10-17(21-2)11-9-15/h3-11,18-19H,12-14H2,1-2H3. The predicted octanol–water partition coefficient (Wildman–Crippen LogP) is 3.22. The molecule has 112 valence electrons. The van der Waals surface area contributed by atoms with Gasteiger partial charge in [0, 0.05) is 7.11 Å². The number of methoxy groups -OCH3 is 2. The average molecular weight is 285 g/mol. The molecule has 0 fully saturated rings. The van der Waals surface area contributed by atoms with Crippen LogP contribution in [0.1, 0.15) is 17.2 Å². The molecule has 0 amide bonds. The summed E-state index contributed by atoms with van der Waals surface area (Å²) in [5.74, 6) is 0.897. The van der Waals surface area contributed by atoms with Gasteiger partial charge >= 0.3 is 0 Å². The second-order valence-corrected chi connectivity index (χ2v) is 4.97. The molecular weight excluding hydrogens is 262 g/mol. The molecule has 3 heteroatoms. The summed E-state index contributed by atoms with van der Waals surface area (Å²) in [6.07, 6.45) is 0.983. The summed E-state index contributed by atoms with van der Waals surface area (Å²) >= 11 is 0. The van der Waals surface area contributed by atoms with Crippen molar-refractivity contribution in [2.24, 2.45) is 0 Å². The number of hydrogen-bond donors (Lipinski definition) is 1. The van der Waals surface area contributed by atoms with E-state index in [2.05, 4.69) is 41.7 Å². The zero-order valence-corrected chi connectivity index (χ0v) is 12.7. The molecule has 0 aromatic heterocycles. The topological polar surface area (TPSA) is 30.5 Å². The highest BCUT2D eigenvalue weighted by molar-refractivity contribution is 5.27. The first-order valence-corrected chi connectivity index (χ1v) is 7.23. The summed E-state index contributed by atoms with van der Waals surface area (Å²) in [7, 11) is 3.42. The Kier molecular flexibility index (Phi) is 6.25. The van der Waals surface area contributed by atoms with E-state index in [-0.39, 0.29) is 6.04 Å². The van der Waals surface area contributed by atoms with Crippen LogP contribution in [-0.4, -0.2) is 27.4 Å². The molecule has 0 aliphatic rings. The minimum Gasteiger partial charge on any atom is -0.497 e. The van der Waals surface area contributed by atoms with Gasteiger partial charge < -0.3 is 14.8 Å². The normalized spacial score (nSPS) is 12.1. The Morgan fingerprint density at radius 3 is 2.29 bits per heavy atom. The lowest BCUT2D eigenvalue weighted by Crippen LogP contribution is -2.27. The fourth-order valence-electron chi connectivity index (χ4n) is 2.31.